The number of rotatable bonds is 0. The van der Waals surface area contributed by atoms with Crippen LogP contribution in [0.3, 0.4) is 0 Å². The van der Waals surface area contributed by atoms with E-state index in [0.717, 1.165) is 5.92 Å². The Kier molecular flexibility index (Phi) is 3.23. The van der Waals surface area contributed by atoms with Gasteiger partial charge in [0.2, 0.25) is 0 Å². The van der Waals surface area contributed by atoms with Gasteiger partial charge in [0.15, 0.2) is 0 Å². The van der Waals surface area contributed by atoms with E-state index in [2.05, 4.69) is 24.3 Å². The summed E-state index contributed by atoms with van der Waals surface area (Å²) < 4.78 is 0. The minimum absolute atomic E-state index is 0.933. The Bertz CT molecular complexity index is 200. The summed E-state index contributed by atoms with van der Waals surface area (Å²) in [6.07, 6.45) is 18.9. The minimum Gasteiger partial charge on any atom is -0.0845 e. The molecule has 1 atom stereocenters. The molecule has 2 rings (SSSR count). The van der Waals surface area contributed by atoms with Gasteiger partial charge < -0.3 is 0 Å². The van der Waals surface area contributed by atoms with Gasteiger partial charge in [0, 0.05) is 5.92 Å². The Labute approximate surface area is 81.7 Å². The van der Waals surface area contributed by atoms with E-state index in [-0.39, 0.29) is 0 Å². The van der Waals surface area contributed by atoms with Gasteiger partial charge in [-0.2, -0.15) is 0 Å². The Morgan fingerprint density at radius 1 is 1.00 bits per heavy atom. The van der Waals surface area contributed by atoms with Gasteiger partial charge in [-0.15, -0.1) is 0 Å². The van der Waals surface area contributed by atoms with E-state index >= 15 is 0 Å². The first kappa shape index (κ1) is 9.05. The van der Waals surface area contributed by atoms with Crippen molar-refractivity contribution in [3.05, 3.63) is 30.2 Å². The maximum Gasteiger partial charge on any atom is 0.000676 e. The van der Waals surface area contributed by atoms with Crippen LogP contribution in [0.5, 0.6) is 0 Å². The van der Waals surface area contributed by atoms with Gasteiger partial charge in [-0.25, -0.2) is 0 Å². The normalized spacial score (nSPS) is 35.2. The predicted molar refractivity (Wildman–Crippen MR) is 57.3 cm³/mol. The fourth-order valence-electron chi connectivity index (χ4n) is 2.50. The van der Waals surface area contributed by atoms with E-state index < -0.39 is 0 Å². The lowest BCUT2D eigenvalue weighted by Gasteiger charge is -2.15. The van der Waals surface area contributed by atoms with Crippen molar-refractivity contribution in [3.8, 4) is 0 Å². The highest BCUT2D eigenvalue weighted by molar-refractivity contribution is 5.20. The first-order valence-electron chi connectivity index (χ1n) is 5.66. The molecule has 2 aliphatic carbocycles. The summed E-state index contributed by atoms with van der Waals surface area (Å²) in [4.78, 5) is 0. The molecule has 0 saturated heterocycles. The highest BCUT2D eigenvalue weighted by Crippen LogP contribution is 2.38. The topological polar surface area (TPSA) is 0 Å². The van der Waals surface area contributed by atoms with Crippen molar-refractivity contribution in [1.29, 1.82) is 0 Å². The van der Waals surface area contributed by atoms with Gasteiger partial charge in [0.1, 0.15) is 0 Å². The molecule has 0 nitrogen and oxygen atoms in total. The highest BCUT2D eigenvalue weighted by atomic mass is 14.3. The molecule has 1 unspecified atom stereocenters. The van der Waals surface area contributed by atoms with Crippen LogP contribution in [0.15, 0.2) is 24.3 Å². The van der Waals surface area contributed by atoms with Crippen LogP contribution in [0.1, 0.15) is 44.9 Å². The third-order valence-corrected chi connectivity index (χ3v) is 3.27. The van der Waals surface area contributed by atoms with E-state index in [9.17, 15) is 0 Å². The fourth-order valence-corrected chi connectivity index (χ4v) is 2.50. The van der Waals surface area contributed by atoms with Gasteiger partial charge in [-0.05, 0) is 38.0 Å². The zero-order chi connectivity index (χ0) is 8.93. The SMILES string of the molecule is C1=C\CCCCC2CCC[C]2\C=C/1. The second kappa shape index (κ2) is 4.64. The smallest absolute Gasteiger partial charge is 0.000676 e. The quantitative estimate of drug-likeness (QED) is 0.521. The molecule has 0 bridgehead atoms. The lowest BCUT2D eigenvalue weighted by atomic mass is 9.90. The van der Waals surface area contributed by atoms with Crippen molar-refractivity contribution < 1.29 is 0 Å². The van der Waals surface area contributed by atoms with E-state index in [1.54, 1.807) is 5.92 Å². The molecule has 0 aromatic carbocycles. The lowest BCUT2D eigenvalue weighted by Crippen LogP contribution is -2.03. The van der Waals surface area contributed by atoms with Crippen molar-refractivity contribution in [2.75, 3.05) is 0 Å². The van der Waals surface area contributed by atoms with Crippen LogP contribution in [0.25, 0.3) is 0 Å². The second-order valence-electron chi connectivity index (χ2n) is 4.24. The summed E-state index contributed by atoms with van der Waals surface area (Å²) in [6, 6.07) is 0. The van der Waals surface area contributed by atoms with E-state index in [1.165, 1.54) is 44.9 Å². The van der Waals surface area contributed by atoms with E-state index in [0.29, 0.717) is 0 Å². The summed E-state index contributed by atoms with van der Waals surface area (Å²) in [5.74, 6) is 2.65. The van der Waals surface area contributed by atoms with Gasteiger partial charge in [0.25, 0.3) is 0 Å². The molecule has 1 radical (unpaired) electrons. The van der Waals surface area contributed by atoms with Crippen molar-refractivity contribution in [2.24, 2.45) is 5.92 Å². The Morgan fingerprint density at radius 2 is 1.92 bits per heavy atom. The molecule has 0 amide bonds. The summed E-state index contributed by atoms with van der Waals surface area (Å²) >= 11 is 0. The van der Waals surface area contributed by atoms with Gasteiger partial charge >= 0.3 is 0 Å². The Balaban J connectivity index is 2.00. The van der Waals surface area contributed by atoms with Crippen LogP contribution < -0.4 is 0 Å². The van der Waals surface area contributed by atoms with E-state index in [4.69, 9.17) is 0 Å². The van der Waals surface area contributed by atoms with Crippen LogP contribution in [0.2, 0.25) is 0 Å². The van der Waals surface area contributed by atoms with Crippen molar-refractivity contribution in [1.82, 2.24) is 0 Å². The van der Waals surface area contributed by atoms with Crippen LogP contribution >= 0.6 is 0 Å². The third kappa shape index (κ3) is 2.46. The van der Waals surface area contributed by atoms with Crippen LogP contribution in [0, 0.1) is 11.8 Å². The van der Waals surface area contributed by atoms with Gasteiger partial charge in [0.05, 0.1) is 0 Å². The van der Waals surface area contributed by atoms with Crippen molar-refractivity contribution in [3.63, 3.8) is 0 Å². The van der Waals surface area contributed by atoms with Crippen LogP contribution in [-0.4, -0.2) is 0 Å². The molecule has 1 saturated carbocycles. The maximum absolute atomic E-state index is 2.36. The monoisotopic (exact) mass is 175 g/mol. The number of hydrogen-bond donors (Lipinski definition) is 0. The lowest BCUT2D eigenvalue weighted by molar-refractivity contribution is 0.509. The van der Waals surface area contributed by atoms with Crippen molar-refractivity contribution in [2.45, 2.75) is 44.9 Å². The molecule has 0 aromatic heterocycles. The molecular weight excluding hydrogens is 156 g/mol. The Hall–Kier alpha value is -0.520. The van der Waals surface area contributed by atoms with Crippen LogP contribution in [-0.2, 0) is 0 Å². The Morgan fingerprint density at radius 3 is 2.92 bits per heavy atom. The summed E-state index contributed by atoms with van der Waals surface area (Å²) in [5.41, 5.74) is 0. The number of hydrogen-bond acceptors (Lipinski definition) is 0. The molecule has 13 heavy (non-hydrogen) atoms. The molecule has 1 fully saturated rings. The molecule has 2 aliphatic rings. The average Bonchev–Trinajstić information content (AvgIpc) is 2.59. The van der Waals surface area contributed by atoms with Gasteiger partial charge in [-0.1, -0.05) is 37.1 Å². The first-order chi connectivity index (χ1) is 6.47. The molecule has 71 valence electrons. The van der Waals surface area contributed by atoms with Gasteiger partial charge in [-0.3, -0.25) is 0 Å². The van der Waals surface area contributed by atoms with E-state index in [1.807, 2.05) is 0 Å². The molecular formula is C13H19. The third-order valence-electron chi connectivity index (χ3n) is 3.27. The first-order valence-corrected chi connectivity index (χ1v) is 5.66. The summed E-state index contributed by atoms with van der Waals surface area (Å²) in [7, 11) is 0. The largest absolute Gasteiger partial charge is 0.0845 e. The number of allylic oxidation sites excluding steroid dienone is 4. The molecule has 0 aliphatic heterocycles. The standard InChI is InChI=1S/C13H19/c1-2-4-6-9-13-11-7-10-12(13)8-5-3-1/h1,3,5,8,13H,2,4,6-7,9-11H2/b3-1-,8-5-. The molecule has 0 spiro atoms. The number of fused-ring (bicyclic) bond motifs is 1. The second-order valence-corrected chi connectivity index (χ2v) is 4.24. The zero-order valence-corrected chi connectivity index (χ0v) is 8.34. The molecule has 0 aromatic rings. The van der Waals surface area contributed by atoms with Crippen LogP contribution in [0.4, 0.5) is 0 Å². The molecule has 0 heterocycles. The summed E-state index contributed by atoms with van der Waals surface area (Å²) in [5, 5.41) is 0. The average molecular weight is 175 g/mol. The zero-order valence-electron chi connectivity index (χ0n) is 8.34. The van der Waals surface area contributed by atoms with Crippen molar-refractivity contribution >= 4 is 0 Å². The minimum atomic E-state index is 0.933. The molecule has 0 heteroatoms. The highest BCUT2D eigenvalue weighted by Gasteiger charge is 2.24. The molecule has 0 N–H and O–H groups in total. The summed E-state index contributed by atoms with van der Waals surface area (Å²) in [6.45, 7) is 0. The predicted octanol–water partition coefficient (Wildman–Crippen LogP) is 4.05. The fraction of sp³-hybridized carbons (Fsp3) is 0.615. The maximum atomic E-state index is 2.36.